The SMILES string of the molecule is CCC(=O)N(C(=O)CC)C1=CC=C(Cc2nc3c([nH]2)c(=O)n(CC)n3C=O)CC1. The Balaban J connectivity index is 1.85. The van der Waals surface area contributed by atoms with E-state index in [0.717, 1.165) is 5.57 Å². The number of carbonyl (C=O) groups is 3. The minimum absolute atomic E-state index is 0.199. The monoisotopic (exact) mass is 399 g/mol. The second kappa shape index (κ2) is 8.42. The van der Waals surface area contributed by atoms with Gasteiger partial charge in [0.1, 0.15) is 5.82 Å². The first-order valence-corrected chi connectivity index (χ1v) is 9.84. The van der Waals surface area contributed by atoms with Crippen molar-refractivity contribution in [1.82, 2.24) is 24.2 Å². The lowest BCUT2D eigenvalue weighted by Gasteiger charge is -2.25. The lowest BCUT2D eigenvalue weighted by atomic mass is 9.98. The van der Waals surface area contributed by atoms with Crippen LogP contribution in [0.4, 0.5) is 0 Å². The molecular weight excluding hydrogens is 374 g/mol. The lowest BCUT2D eigenvalue weighted by Crippen LogP contribution is -2.35. The van der Waals surface area contributed by atoms with Crippen molar-refractivity contribution in [3.8, 4) is 0 Å². The number of rotatable bonds is 7. The van der Waals surface area contributed by atoms with Gasteiger partial charge in [0.25, 0.3) is 5.56 Å². The summed E-state index contributed by atoms with van der Waals surface area (Å²) in [6.07, 6.45) is 6.56. The van der Waals surface area contributed by atoms with Crippen molar-refractivity contribution in [3.63, 3.8) is 0 Å². The fourth-order valence-electron chi connectivity index (χ4n) is 3.55. The summed E-state index contributed by atoms with van der Waals surface area (Å²) in [5.41, 5.74) is 2.12. The average molecular weight is 399 g/mol. The van der Waals surface area contributed by atoms with Gasteiger partial charge in [0.15, 0.2) is 11.2 Å². The van der Waals surface area contributed by atoms with Crippen LogP contribution in [-0.4, -0.2) is 42.5 Å². The average Bonchev–Trinajstić information content (AvgIpc) is 3.25. The van der Waals surface area contributed by atoms with Gasteiger partial charge in [-0.15, -0.1) is 0 Å². The van der Waals surface area contributed by atoms with E-state index in [1.165, 1.54) is 14.3 Å². The quantitative estimate of drug-likeness (QED) is 0.715. The maximum absolute atomic E-state index is 12.4. The number of hydrogen-bond donors (Lipinski definition) is 1. The van der Waals surface area contributed by atoms with Crippen molar-refractivity contribution >= 4 is 29.4 Å². The summed E-state index contributed by atoms with van der Waals surface area (Å²) in [5, 5.41) is 0. The van der Waals surface area contributed by atoms with Crippen LogP contribution in [-0.2, 0) is 27.3 Å². The standard InChI is InChI=1S/C20H25N5O4/c1-4-16(27)25(17(28)5-2)14-9-7-13(8-10-14)11-15-21-18-19(22-15)24(12-26)23(6-3)20(18)29/h7,9,12H,4-6,8,10-11H2,1-3H3,(H,21,22). The third kappa shape index (κ3) is 3.72. The van der Waals surface area contributed by atoms with Gasteiger partial charge in [0.05, 0.1) is 0 Å². The van der Waals surface area contributed by atoms with E-state index in [4.69, 9.17) is 0 Å². The van der Waals surface area contributed by atoms with Crippen molar-refractivity contribution in [2.45, 2.75) is 59.4 Å². The molecule has 1 aliphatic carbocycles. The Morgan fingerprint density at radius 3 is 2.38 bits per heavy atom. The number of hydrogen-bond acceptors (Lipinski definition) is 5. The van der Waals surface area contributed by atoms with E-state index in [2.05, 4.69) is 9.97 Å². The van der Waals surface area contributed by atoms with E-state index in [9.17, 15) is 19.2 Å². The first-order chi connectivity index (χ1) is 13.9. The molecule has 0 aliphatic heterocycles. The number of aromatic amines is 1. The molecule has 9 nitrogen and oxygen atoms in total. The van der Waals surface area contributed by atoms with E-state index in [0.29, 0.717) is 54.9 Å². The molecule has 2 heterocycles. The number of amides is 2. The smallest absolute Gasteiger partial charge is 0.293 e. The van der Waals surface area contributed by atoms with Crippen LogP contribution in [0.5, 0.6) is 0 Å². The van der Waals surface area contributed by atoms with Gasteiger partial charge < -0.3 is 4.98 Å². The molecule has 0 saturated carbocycles. The first-order valence-electron chi connectivity index (χ1n) is 9.84. The van der Waals surface area contributed by atoms with Crippen LogP contribution in [0.1, 0.15) is 52.3 Å². The molecule has 0 saturated heterocycles. The van der Waals surface area contributed by atoms with E-state index >= 15 is 0 Å². The predicted molar refractivity (Wildman–Crippen MR) is 108 cm³/mol. The molecule has 1 aliphatic rings. The minimum Gasteiger partial charge on any atom is -0.336 e. The Labute approximate surface area is 167 Å². The Hall–Kier alpha value is -3.23. The van der Waals surface area contributed by atoms with Crippen LogP contribution in [0.2, 0.25) is 0 Å². The molecule has 154 valence electrons. The number of H-pyrrole nitrogens is 1. The number of aromatic nitrogens is 4. The highest BCUT2D eigenvalue weighted by Crippen LogP contribution is 2.25. The molecule has 0 aromatic carbocycles. The largest absolute Gasteiger partial charge is 0.336 e. The normalized spacial score (nSPS) is 13.9. The Morgan fingerprint density at radius 1 is 1.17 bits per heavy atom. The fourth-order valence-corrected chi connectivity index (χ4v) is 3.55. The zero-order valence-corrected chi connectivity index (χ0v) is 16.9. The predicted octanol–water partition coefficient (Wildman–Crippen LogP) is 1.91. The number of carbonyl (C=O) groups excluding carboxylic acids is 3. The Kier molecular flexibility index (Phi) is 5.95. The highest BCUT2D eigenvalue weighted by atomic mass is 16.2. The number of fused-ring (bicyclic) bond motifs is 1. The number of nitrogens with zero attached hydrogens (tertiary/aromatic N) is 4. The summed E-state index contributed by atoms with van der Waals surface area (Å²) < 4.78 is 2.54. The molecule has 9 heteroatoms. The molecule has 3 rings (SSSR count). The first kappa shape index (κ1) is 20.5. The lowest BCUT2D eigenvalue weighted by molar-refractivity contribution is -0.142. The van der Waals surface area contributed by atoms with E-state index in [1.807, 2.05) is 6.08 Å². The van der Waals surface area contributed by atoms with Gasteiger partial charge in [-0.1, -0.05) is 25.5 Å². The van der Waals surface area contributed by atoms with E-state index < -0.39 is 0 Å². The molecule has 0 spiro atoms. The van der Waals surface area contributed by atoms with Crippen molar-refractivity contribution in [3.05, 3.63) is 39.6 Å². The van der Waals surface area contributed by atoms with E-state index in [-0.39, 0.29) is 30.2 Å². The van der Waals surface area contributed by atoms with Crippen LogP contribution >= 0.6 is 0 Å². The minimum atomic E-state index is -0.278. The number of imide groups is 1. The molecule has 1 N–H and O–H groups in total. The number of allylic oxidation sites excluding steroid dienone is 4. The zero-order chi connectivity index (χ0) is 21.1. The van der Waals surface area contributed by atoms with Gasteiger partial charge in [-0.05, 0) is 25.8 Å². The van der Waals surface area contributed by atoms with Crippen LogP contribution < -0.4 is 5.56 Å². The molecule has 0 bridgehead atoms. The number of nitrogens with one attached hydrogen (secondary N) is 1. The molecule has 29 heavy (non-hydrogen) atoms. The maximum atomic E-state index is 12.4. The fraction of sp³-hybridized carbons (Fsp3) is 0.450. The van der Waals surface area contributed by atoms with Gasteiger partial charge >= 0.3 is 0 Å². The van der Waals surface area contributed by atoms with E-state index in [1.54, 1.807) is 26.8 Å². The summed E-state index contributed by atoms with van der Waals surface area (Å²) in [6, 6.07) is 0. The second-order valence-corrected chi connectivity index (χ2v) is 6.84. The highest BCUT2D eigenvalue weighted by Gasteiger charge is 2.24. The summed E-state index contributed by atoms with van der Waals surface area (Å²) in [6.45, 7) is 5.64. The van der Waals surface area contributed by atoms with Crippen molar-refractivity contribution in [1.29, 1.82) is 0 Å². The topological polar surface area (TPSA) is 110 Å². The van der Waals surface area contributed by atoms with Crippen LogP contribution in [0.3, 0.4) is 0 Å². The molecular formula is C20H25N5O4. The molecule has 0 atom stereocenters. The van der Waals surface area contributed by atoms with Gasteiger partial charge in [-0.2, -0.15) is 4.68 Å². The molecule has 0 unspecified atom stereocenters. The molecule has 2 aromatic rings. The van der Waals surface area contributed by atoms with Gasteiger partial charge in [0, 0.05) is 31.5 Å². The van der Waals surface area contributed by atoms with Gasteiger partial charge in [0.2, 0.25) is 18.2 Å². The zero-order valence-electron chi connectivity index (χ0n) is 16.9. The van der Waals surface area contributed by atoms with Crippen molar-refractivity contribution < 1.29 is 14.4 Å². The summed E-state index contributed by atoms with van der Waals surface area (Å²) >= 11 is 0. The highest BCUT2D eigenvalue weighted by molar-refractivity contribution is 5.97. The molecule has 2 aromatic heterocycles. The number of imidazole rings is 1. The summed E-state index contributed by atoms with van der Waals surface area (Å²) in [5.74, 6) is 0.200. The third-order valence-corrected chi connectivity index (χ3v) is 5.06. The maximum Gasteiger partial charge on any atom is 0.293 e. The van der Waals surface area contributed by atoms with Gasteiger partial charge in [-0.3, -0.25) is 24.1 Å². The van der Waals surface area contributed by atoms with Gasteiger partial charge in [-0.25, -0.2) is 9.67 Å². The third-order valence-electron chi connectivity index (χ3n) is 5.06. The second-order valence-electron chi connectivity index (χ2n) is 6.84. The summed E-state index contributed by atoms with van der Waals surface area (Å²) in [4.78, 5) is 56.8. The van der Waals surface area contributed by atoms with Crippen LogP contribution in [0.25, 0.3) is 11.2 Å². The van der Waals surface area contributed by atoms with Crippen LogP contribution in [0.15, 0.2) is 28.2 Å². The Bertz CT molecular complexity index is 1070. The van der Waals surface area contributed by atoms with Crippen LogP contribution in [0, 0.1) is 0 Å². The van der Waals surface area contributed by atoms with Crippen molar-refractivity contribution in [2.24, 2.45) is 0 Å². The Morgan fingerprint density at radius 2 is 1.86 bits per heavy atom. The molecule has 2 amide bonds. The summed E-state index contributed by atoms with van der Waals surface area (Å²) in [7, 11) is 0. The molecule has 0 radical (unpaired) electrons. The molecule has 0 fully saturated rings. The van der Waals surface area contributed by atoms with Crippen molar-refractivity contribution in [2.75, 3.05) is 0 Å².